The number of nitrogens with zero attached hydrogens (tertiary/aromatic N) is 3. The molecule has 4 aromatic rings. The fraction of sp³-hybridized carbons (Fsp3) is 0.190. The molecule has 6 nitrogen and oxygen atoms in total. The summed E-state index contributed by atoms with van der Waals surface area (Å²) >= 11 is 0. The second-order valence-electron chi connectivity index (χ2n) is 6.39. The highest BCUT2D eigenvalue weighted by atomic mass is 16.1. The Bertz CT molecular complexity index is 1090. The van der Waals surface area contributed by atoms with Crippen LogP contribution in [0.25, 0.3) is 28.0 Å². The molecule has 0 unspecified atom stereocenters. The van der Waals surface area contributed by atoms with Crippen LogP contribution in [0, 0.1) is 0 Å². The molecule has 0 aliphatic carbocycles. The van der Waals surface area contributed by atoms with Gasteiger partial charge in [0.25, 0.3) is 0 Å². The maximum Gasteiger partial charge on any atom is 0.224 e. The van der Waals surface area contributed by atoms with E-state index in [1.54, 1.807) is 12.4 Å². The number of carbonyl (C=O) groups excluding carboxylic acids is 1. The lowest BCUT2D eigenvalue weighted by Gasteiger charge is -2.03. The number of aromatic amines is 1. The Labute approximate surface area is 157 Å². The van der Waals surface area contributed by atoms with E-state index in [9.17, 15) is 4.79 Å². The summed E-state index contributed by atoms with van der Waals surface area (Å²) in [7, 11) is 0. The predicted molar refractivity (Wildman–Crippen MR) is 107 cm³/mol. The van der Waals surface area contributed by atoms with Gasteiger partial charge in [-0.15, -0.1) is 0 Å². The molecule has 136 valence electrons. The van der Waals surface area contributed by atoms with Gasteiger partial charge in [0.1, 0.15) is 5.52 Å². The Kier molecular flexibility index (Phi) is 4.46. The number of H-pyrrole nitrogens is 1. The van der Waals surface area contributed by atoms with Crippen LogP contribution in [0.3, 0.4) is 0 Å². The van der Waals surface area contributed by atoms with Gasteiger partial charge < -0.3 is 10.3 Å². The van der Waals surface area contributed by atoms with Crippen LogP contribution in [-0.4, -0.2) is 25.7 Å². The lowest BCUT2D eigenvalue weighted by Crippen LogP contribution is -2.09. The van der Waals surface area contributed by atoms with Gasteiger partial charge in [0.2, 0.25) is 5.91 Å². The Hall–Kier alpha value is -3.41. The first-order valence-electron chi connectivity index (χ1n) is 9.10. The lowest BCUT2D eigenvalue weighted by atomic mass is 10.1. The maximum atomic E-state index is 11.7. The van der Waals surface area contributed by atoms with Crippen molar-refractivity contribution in [3.05, 3.63) is 60.6 Å². The summed E-state index contributed by atoms with van der Waals surface area (Å²) in [5.74, 6) is -0.0357. The Morgan fingerprint density at radius 2 is 1.96 bits per heavy atom. The van der Waals surface area contributed by atoms with Crippen LogP contribution >= 0.6 is 0 Å². The van der Waals surface area contributed by atoms with Crippen LogP contribution in [0.5, 0.6) is 0 Å². The quantitative estimate of drug-likeness (QED) is 0.557. The molecule has 27 heavy (non-hydrogen) atoms. The maximum absolute atomic E-state index is 11.7. The standard InChI is InChI=1S/C21H21N5O/c1-3-14-5-7-16(8-6-14)26-13-15(11-23-26)17-9-10-18-21(25-17)19(12-22-18)24-20(27)4-2/h5-13,22H,3-4H2,1-2H3,(H,24,27). The lowest BCUT2D eigenvalue weighted by molar-refractivity contribution is -0.115. The largest absolute Gasteiger partial charge is 0.358 e. The minimum Gasteiger partial charge on any atom is -0.358 e. The molecule has 0 bridgehead atoms. The second-order valence-corrected chi connectivity index (χ2v) is 6.39. The van der Waals surface area contributed by atoms with Gasteiger partial charge in [-0.05, 0) is 36.2 Å². The summed E-state index contributed by atoms with van der Waals surface area (Å²) in [5.41, 5.74) is 6.36. The monoisotopic (exact) mass is 359 g/mol. The van der Waals surface area contributed by atoms with Crippen molar-refractivity contribution < 1.29 is 4.79 Å². The zero-order valence-electron chi connectivity index (χ0n) is 15.4. The van der Waals surface area contributed by atoms with Crippen LogP contribution in [0.1, 0.15) is 25.8 Å². The second kappa shape index (κ2) is 7.07. The van der Waals surface area contributed by atoms with Crippen molar-refractivity contribution in [2.24, 2.45) is 0 Å². The highest BCUT2D eigenvalue weighted by molar-refractivity contribution is 6.00. The van der Waals surface area contributed by atoms with E-state index in [2.05, 4.69) is 46.6 Å². The van der Waals surface area contributed by atoms with Crippen molar-refractivity contribution in [1.29, 1.82) is 0 Å². The summed E-state index contributed by atoms with van der Waals surface area (Å²) in [6, 6.07) is 12.3. The molecule has 6 heteroatoms. The number of aromatic nitrogens is 4. The summed E-state index contributed by atoms with van der Waals surface area (Å²) in [5, 5.41) is 7.35. The minimum atomic E-state index is -0.0357. The van der Waals surface area contributed by atoms with Crippen molar-refractivity contribution in [3.63, 3.8) is 0 Å². The highest BCUT2D eigenvalue weighted by Gasteiger charge is 2.11. The number of fused-ring (bicyclic) bond motifs is 1. The molecule has 0 saturated heterocycles. The van der Waals surface area contributed by atoms with E-state index in [0.29, 0.717) is 12.1 Å². The normalized spacial score (nSPS) is 11.0. The van der Waals surface area contributed by atoms with E-state index in [4.69, 9.17) is 4.98 Å². The smallest absolute Gasteiger partial charge is 0.224 e. The number of hydrogen-bond donors (Lipinski definition) is 2. The van der Waals surface area contributed by atoms with Gasteiger partial charge in [0.05, 0.1) is 28.8 Å². The third-order valence-electron chi connectivity index (χ3n) is 4.61. The van der Waals surface area contributed by atoms with Crippen LogP contribution in [-0.2, 0) is 11.2 Å². The van der Waals surface area contributed by atoms with Gasteiger partial charge in [-0.3, -0.25) is 4.79 Å². The fourth-order valence-corrected chi connectivity index (χ4v) is 2.97. The van der Waals surface area contributed by atoms with Crippen molar-refractivity contribution in [1.82, 2.24) is 19.7 Å². The number of nitrogens with one attached hydrogen (secondary N) is 2. The van der Waals surface area contributed by atoms with E-state index in [1.807, 2.05) is 29.9 Å². The molecule has 0 atom stereocenters. The fourth-order valence-electron chi connectivity index (χ4n) is 2.97. The van der Waals surface area contributed by atoms with Crippen molar-refractivity contribution in [3.8, 4) is 16.9 Å². The molecule has 0 aliphatic rings. The van der Waals surface area contributed by atoms with E-state index >= 15 is 0 Å². The third kappa shape index (κ3) is 3.33. The topological polar surface area (TPSA) is 75.6 Å². The number of carbonyl (C=O) groups is 1. The summed E-state index contributed by atoms with van der Waals surface area (Å²) in [6.45, 7) is 3.96. The van der Waals surface area contributed by atoms with Crippen LogP contribution < -0.4 is 5.32 Å². The first kappa shape index (κ1) is 17.0. The van der Waals surface area contributed by atoms with Crippen molar-refractivity contribution in [2.45, 2.75) is 26.7 Å². The molecule has 2 N–H and O–H groups in total. The van der Waals surface area contributed by atoms with Gasteiger partial charge in [-0.25, -0.2) is 9.67 Å². The molecular weight excluding hydrogens is 338 g/mol. The summed E-state index contributed by atoms with van der Waals surface area (Å²) < 4.78 is 1.84. The molecule has 1 aromatic carbocycles. The van der Waals surface area contributed by atoms with Crippen molar-refractivity contribution in [2.75, 3.05) is 5.32 Å². The molecule has 1 amide bonds. The first-order chi connectivity index (χ1) is 13.2. The molecule has 4 rings (SSSR count). The Morgan fingerprint density at radius 1 is 1.15 bits per heavy atom. The summed E-state index contributed by atoms with van der Waals surface area (Å²) in [6.07, 6.45) is 6.98. The van der Waals surface area contributed by atoms with E-state index in [1.165, 1.54) is 5.56 Å². The van der Waals surface area contributed by atoms with Gasteiger partial charge in [0.15, 0.2) is 0 Å². The average molecular weight is 359 g/mol. The van der Waals surface area contributed by atoms with Gasteiger partial charge in [0, 0.05) is 24.4 Å². The van der Waals surface area contributed by atoms with Crippen molar-refractivity contribution >= 4 is 22.6 Å². The predicted octanol–water partition coefficient (Wildman–Crippen LogP) is 4.33. The molecular formula is C21H21N5O. The molecule has 0 radical (unpaired) electrons. The van der Waals surface area contributed by atoms with Gasteiger partial charge in [-0.2, -0.15) is 5.10 Å². The number of aryl methyl sites for hydroxylation is 1. The van der Waals surface area contributed by atoms with Crippen LogP contribution in [0.4, 0.5) is 5.69 Å². The number of benzene rings is 1. The zero-order chi connectivity index (χ0) is 18.8. The molecule has 0 fully saturated rings. The zero-order valence-corrected chi connectivity index (χ0v) is 15.4. The number of rotatable bonds is 5. The molecule has 0 aliphatic heterocycles. The van der Waals surface area contributed by atoms with E-state index in [-0.39, 0.29) is 5.91 Å². The highest BCUT2D eigenvalue weighted by Crippen LogP contribution is 2.26. The average Bonchev–Trinajstić information content (AvgIpc) is 3.35. The number of anilines is 1. The minimum absolute atomic E-state index is 0.0357. The third-order valence-corrected chi connectivity index (χ3v) is 4.61. The molecule has 0 saturated carbocycles. The number of amides is 1. The number of pyridine rings is 1. The molecule has 3 heterocycles. The molecule has 3 aromatic heterocycles. The Balaban J connectivity index is 1.67. The SMILES string of the molecule is CCC(=O)Nc1c[nH]c2ccc(-c3cnn(-c4ccc(CC)cc4)c3)nc12. The van der Waals surface area contributed by atoms with Crippen LogP contribution in [0.2, 0.25) is 0 Å². The van der Waals surface area contributed by atoms with Gasteiger partial charge in [-0.1, -0.05) is 26.0 Å². The first-order valence-corrected chi connectivity index (χ1v) is 9.10. The van der Waals surface area contributed by atoms with E-state index in [0.717, 1.165) is 34.4 Å². The van der Waals surface area contributed by atoms with E-state index < -0.39 is 0 Å². The Morgan fingerprint density at radius 3 is 2.70 bits per heavy atom. The van der Waals surface area contributed by atoms with Gasteiger partial charge >= 0.3 is 0 Å². The molecule has 0 spiro atoms. The number of hydrogen-bond acceptors (Lipinski definition) is 3. The summed E-state index contributed by atoms with van der Waals surface area (Å²) in [4.78, 5) is 19.6. The van der Waals surface area contributed by atoms with Crippen LogP contribution in [0.15, 0.2) is 55.0 Å².